The van der Waals surface area contributed by atoms with Crippen LogP contribution in [0.15, 0.2) is 48.5 Å². The quantitative estimate of drug-likeness (QED) is 0.284. The van der Waals surface area contributed by atoms with Crippen molar-refractivity contribution in [3.8, 4) is 0 Å². The van der Waals surface area contributed by atoms with Crippen molar-refractivity contribution in [1.82, 2.24) is 9.80 Å². The number of hydrogen-bond acceptors (Lipinski definition) is 2. The first-order valence-electron chi connectivity index (χ1n) is 14.4. The lowest BCUT2D eigenvalue weighted by Gasteiger charge is -2.40. The minimum atomic E-state index is -4.40. The van der Waals surface area contributed by atoms with E-state index in [1.807, 2.05) is 4.90 Å². The molecule has 2 saturated heterocycles. The van der Waals surface area contributed by atoms with Crippen LogP contribution < -0.4 is 5.32 Å². The van der Waals surface area contributed by atoms with Gasteiger partial charge in [-0.3, -0.25) is 4.79 Å². The maximum absolute atomic E-state index is 13.0. The molecule has 2 aromatic rings. The third-order valence-electron chi connectivity index (χ3n) is 8.39. The Morgan fingerprint density at radius 3 is 2.17 bits per heavy atom. The maximum atomic E-state index is 13.0. The van der Waals surface area contributed by atoms with Gasteiger partial charge < -0.3 is 15.1 Å². The van der Waals surface area contributed by atoms with Gasteiger partial charge >= 0.3 is 6.18 Å². The second-order valence-electron chi connectivity index (χ2n) is 11.3. The number of benzene rings is 2. The molecule has 0 spiro atoms. The molecule has 4 nitrogen and oxygen atoms in total. The van der Waals surface area contributed by atoms with Gasteiger partial charge in [0.1, 0.15) is 0 Å². The lowest BCUT2D eigenvalue weighted by molar-refractivity contribution is -0.137. The third kappa shape index (κ3) is 7.45. The molecular formula is C32H40F3N3OS. The Morgan fingerprint density at radius 1 is 1.00 bits per heavy atom. The number of rotatable bonds is 6. The number of carbonyl (C=O) groups is 1. The number of nitrogens with zero attached hydrogens (tertiary/aromatic N) is 2. The molecule has 2 fully saturated rings. The topological polar surface area (TPSA) is 35.6 Å². The van der Waals surface area contributed by atoms with E-state index in [9.17, 15) is 18.0 Å². The Labute approximate surface area is 241 Å². The number of para-hydroxylation sites is 1. The number of amides is 1. The smallest absolute Gasteiger partial charge is 0.349 e. The molecule has 216 valence electrons. The predicted octanol–water partition coefficient (Wildman–Crippen LogP) is 7.75. The van der Waals surface area contributed by atoms with Crippen LogP contribution >= 0.6 is 12.2 Å². The number of piperidine rings is 2. The Kier molecular flexibility index (Phi) is 9.93. The summed E-state index contributed by atoms with van der Waals surface area (Å²) in [5, 5.41) is 4.38. The number of alkyl halides is 3. The molecule has 8 heteroatoms. The molecule has 0 aromatic heterocycles. The van der Waals surface area contributed by atoms with Gasteiger partial charge in [0.05, 0.1) is 5.56 Å². The molecule has 0 saturated carbocycles. The molecule has 1 amide bonds. The molecule has 0 bridgehead atoms. The predicted molar refractivity (Wildman–Crippen MR) is 160 cm³/mol. The summed E-state index contributed by atoms with van der Waals surface area (Å²) in [6.07, 6.45) is 3.50. The minimum Gasteiger partial charge on any atom is -0.349 e. The van der Waals surface area contributed by atoms with Crippen LogP contribution in [0.5, 0.6) is 0 Å². The van der Waals surface area contributed by atoms with Crippen LogP contribution in [0.3, 0.4) is 0 Å². The number of anilines is 1. The fraction of sp³-hybridized carbons (Fsp3) is 0.500. The highest BCUT2D eigenvalue weighted by Crippen LogP contribution is 2.34. The standard InChI is InChI=1S/C32H40F3N3OS/c1-4-24-8-6-10-28(22(2)3)30(24)36-31(40)38-19-15-26(16-20-38)25-13-17-37(18-14-25)29(39)12-11-23-7-5-9-27(21-23)32(33,34)35/h5-12,21-22,25-26H,4,13-20H2,1-3H3,(H,36,40)/b12-11+. The van der Waals surface area contributed by atoms with Gasteiger partial charge in [-0.05, 0) is 97.0 Å². The number of halogens is 3. The fourth-order valence-corrected chi connectivity index (χ4v) is 6.28. The number of thiocarbonyl (C=S) groups is 1. The van der Waals surface area contributed by atoms with E-state index in [1.54, 1.807) is 6.07 Å². The highest BCUT2D eigenvalue weighted by Gasteiger charge is 2.32. The van der Waals surface area contributed by atoms with Gasteiger partial charge in [-0.1, -0.05) is 51.1 Å². The van der Waals surface area contributed by atoms with Crippen LogP contribution in [-0.2, 0) is 17.4 Å². The van der Waals surface area contributed by atoms with Crippen molar-refractivity contribution in [2.45, 2.75) is 65.0 Å². The number of carbonyl (C=O) groups excluding carboxylic acids is 1. The number of aryl methyl sites for hydroxylation is 1. The van der Waals surface area contributed by atoms with Gasteiger partial charge in [0, 0.05) is 37.9 Å². The molecule has 0 unspecified atom stereocenters. The summed E-state index contributed by atoms with van der Waals surface area (Å²) >= 11 is 5.84. The summed E-state index contributed by atoms with van der Waals surface area (Å²) < 4.78 is 38.9. The molecule has 0 aliphatic carbocycles. The van der Waals surface area contributed by atoms with Gasteiger partial charge in [-0.15, -0.1) is 0 Å². The molecule has 4 rings (SSSR count). The van der Waals surface area contributed by atoms with E-state index >= 15 is 0 Å². The van der Waals surface area contributed by atoms with E-state index in [0.717, 1.165) is 68.1 Å². The van der Waals surface area contributed by atoms with Gasteiger partial charge in [-0.2, -0.15) is 13.2 Å². The summed E-state index contributed by atoms with van der Waals surface area (Å²) in [6.45, 7) is 9.82. The van der Waals surface area contributed by atoms with E-state index in [1.165, 1.54) is 29.3 Å². The van der Waals surface area contributed by atoms with Crippen molar-refractivity contribution in [3.63, 3.8) is 0 Å². The zero-order valence-electron chi connectivity index (χ0n) is 23.6. The number of hydrogen-bond donors (Lipinski definition) is 1. The third-order valence-corrected chi connectivity index (χ3v) is 8.76. The summed E-state index contributed by atoms with van der Waals surface area (Å²) in [5.74, 6) is 1.46. The van der Waals surface area contributed by atoms with Crippen LogP contribution in [0, 0.1) is 11.8 Å². The Bertz CT molecular complexity index is 1210. The van der Waals surface area contributed by atoms with E-state index in [4.69, 9.17) is 12.2 Å². The lowest BCUT2D eigenvalue weighted by Crippen LogP contribution is -2.45. The van der Waals surface area contributed by atoms with Crippen molar-refractivity contribution >= 4 is 35.0 Å². The average molecular weight is 572 g/mol. The first-order valence-corrected chi connectivity index (χ1v) is 14.8. The van der Waals surface area contributed by atoms with Crippen molar-refractivity contribution in [2.24, 2.45) is 11.8 Å². The summed E-state index contributed by atoms with van der Waals surface area (Å²) in [4.78, 5) is 16.8. The first-order chi connectivity index (χ1) is 19.1. The van der Waals surface area contributed by atoms with Crippen molar-refractivity contribution in [3.05, 3.63) is 70.8 Å². The van der Waals surface area contributed by atoms with Crippen LogP contribution in [0.25, 0.3) is 6.08 Å². The molecule has 40 heavy (non-hydrogen) atoms. The van der Waals surface area contributed by atoms with E-state index in [0.29, 0.717) is 36.4 Å². The van der Waals surface area contributed by atoms with Gasteiger partial charge in [0.2, 0.25) is 5.91 Å². The zero-order valence-corrected chi connectivity index (χ0v) is 24.5. The molecule has 1 N–H and O–H groups in total. The summed E-state index contributed by atoms with van der Waals surface area (Å²) in [5.41, 5.74) is 3.40. The SMILES string of the molecule is CCc1cccc(C(C)C)c1NC(=S)N1CCC(C2CCN(C(=O)/C=C/c3cccc(C(F)(F)F)c3)CC2)CC1. The molecular weight excluding hydrogens is 531 g/mol. The second-order valence-corrected chi connectivity index (χ2v) is 11.7. The fourth-order valence-electron chi connectivity index (χ4n) is 5.99. The highest BCUT2D eigenvalue weighted by atomic mass is 32.1. The second kappa shape index (κ2) is 13.2. The Hall–Kier alpha value is -2.87. The summed E-state index contributed by atoms with van der Waals surface area (Å²) in [6, 6.07) is 11.5. The lowest BCUT2D eigenvalue weighted by atomic mass is 9.79. The Morgan fingerprint density at radius 2 is 1.60 bits per heavy atom. The molecule has 2 heterocycles. The van der Waals surface area contributed by atoms with Crippen LogP contribution in [0.1, 0.15) is 74.6 Å². The molecule has 0 radical (unpaired) electrons. The molecule has 0 atom stereocenters. The largest absolute Gasteiger partial charge is 0.416 e. The Balaban J connectivity index is 1.25. The normalized spacial score (nSPS) is 17.6. The van der Waals surface area contributed by atoms with Gasteiger partial charge in [-0.25, -0.2) is 0 Å². The number of nitrogens with one attached hydrogen (secondary N) is 1. The monoisotopic (exact) mass is 571 g/mol. The van der Waals surface area contributed by atoms with Crippen molar-refractivity contribution in [1.29, 1.82) is 0 Å². The number of likely N-dealkylation sites (tertiary alicyclic amines) is 2. The average Bonchev–Trinajstić information content (AvgIpc) is 2.95. The van der Waals surface area contributed by atoms with Crippen LogP contribution in [0.4, 0.5) is 18.9 Å². The first kappa shape index (κ1) is 30.1. The van der Waals surface area contributed by atoms with Crippen molar-refractivity contribution in [2.75, 3.05) is 31.5 Å². The molecule has 2 aliphatic heterocycles. The van der Waals surface area contributed by atoms with Gasteiger partial charge in [0.25, 0.3) is 0 Å². The molecule has 2 aliphatic rings. The van der Waals surface area contributed by atoms with E-state index in [-0.39, 0.29) is 5.91 Å². The van der Waals surface area contributed by atoms with Gasteiger partial charge in [0.15, 0.2) is 5.11 Å². The zero-order chi connectivity index (χ0) is 28.9. The highest BCUT2D eigenvalue weighted by molar-refractivity contribution is 7.80. The van der Waals surface area contributed by atoms with Crippen LogP contribution in [0.2, 0.25) is 0 Å². The summed E-state index contributed by atoms with van der Waals surface area (Å²) in [7, 11) is 0. The van der Waals surface area contributed by atoms with Crippen LogP contribution in [-0.4, -0.2) is 47.0 Å². The molecule has 2 aromatic carbocycles. The van der Waals surface area contributed by atoms with E-state index in [2.05, 4.69) is 49.2 Å². The maximum Gasteiger partial charge on any atom is 0.416 e. The minimum absolute atomic E-state index is 0.143. The van der Waals surface area contributed by atoms with E-state index < -0.39 is 11.7 Å². The van der Waals surface area contributed by atoms with Crippen molar-refractivity contribution < 1.29 is 18.0 Å².